The largest absolute Gasteiger partial charge is 0.348 e. The number of aromatic nitrogens is 1. The van der Waals surface area contributed by atoms with Crippen molar-refractivity contribution in [1.29, 1.82) is 0 Å². The summed E-state index contributed by atoms with van der Waals surface area (Å²) < 4.78 is 2.28. The number of fused-ring (bicyclic) bond motifs is 2. The van der Waals surface area contributed by atoms with E-state index in [1.165, 1.54) is 27.8 Å². The van der Waals surface area contributed by atoms with Gasteiger partial charge in [-0.15, -0.1) is 11.3 Å². The van der Waals surface area contributed by atoms with Gasteiger partial charge in [0.25, 0.3) is 5.91 Å². The first-order valence-electron chi connectivity index (χ1n) is 11.7. The topological polar surface area (TPSA) is 46.4 Å². The Hall–Kier alpha value is -3.18. The first kappa shape index (κ1) is 21.7. The smallest absolute Gasteiger partial charge is 0.254 e. The summed E-state index contributed by atoms with van der Waals surface area (Å²) in [6.07, 6.45) is 8.43. The summed E-state index contributed by atoms with van der Waals surface area (Å²) >= 11 is 1.68. The summed E-state index contributed by atoms with van der Waals surface area (Å²) in [5.41, 5.74) is 5.37. The van der Waals surface area contributed by atoms with Crippen molar-refractivity contribution in [3.63, 3.8) is 0 Å². The highest BCUT2D eigenvalue weighted by Crippen LogP contribution is 2.40. The number of aliphatic imine (C=N–C) groups is 1. The van der Waals surface area contributed by atoms with Gasteiger partial charge in [0.2, 0.25) is 0 Å². The summed E-state index contributed by atoms with van der Waals surface area (Å²) in [4.78, 5) is 19.5. The van der Waals surface area contributed by atoms with Crippen molar-refractivity contribution in [2.24, 2.45) is 4.99 Å². The number of carbonyl (C=O) groups excluding carboxylic acids is 1. The molecule has 2 aromatic carbocycles. The van der Waals surface area contributed by atoms with Crippen LogP contribution in [0.3, 0.4) is 0 Å². The molecule has 0 radical (unpaired) electrons. The number of aryl methyl sites for hydroxylation is 1. The predicted molar refractivity (Wildman–Crippen MR) is 138 cm³/mol. The van der Waals surface area contributed by atoms with Gasteiger partial charge in [0.05, 0.1) is 5.56 Å². The lowest BCUT2D eigenvalue weighted by molar-refractivity contribution is 0.0951. The summed E-state index contributed by atoms with van der Waals surface area (Å²) in [5, 5.41) is 5.14. The first-order chi connectivity index (χ1) is 16.1. The fourth-order valence-electron chi connectivity index (χ4n) is 4.63. The number of hydrogen-bond donors (Lipinski definition) is 1. The number of para-hydroxylation sites is 1. The highest BCUT2D eigenvalue weighted by molar-refractivity contribution is 7.16. The summed E-state index contributed by atoms with van der Waals surface area (Å²) in [6, 6.07) is 18.9. The normalized spacial score (nSPS) is 13.7. The average Bonchev–Trinajstić information content (AvgIpc) is 3.40. The fourth-order valence-corrected chi connectivity index (χ4v) is 5.86. The zero-order valence-corrected chi connectivity index (χ0v) is 20.0. The molecule has 0 saturated carbocycles. The van der Waals surface area contributed by atoms with Gasteiger partial charge in [-0.25, -0.2) is 4.99 Å². The second-order valence-corrected chi connectivity index (χ2v) is 10.0. The zero-order valence-electron chi connectivity index (χ0n) is 19.2. The number of nitrogens with zero attached hydrogens (tertiary/aromatic N) is 2. The van der Waals surface area contributed by atoms with Crippen molar-refractivity contribution in [2.75, 3.05) is 0 Å². The molecule has 0 saturated heterocycles. The Morgan fingerprint density at radius 2 is 1.85 bits per heavy atom. The Bertz CT molecular complexity index is 1310. The third-order valence-corrected chi connectivity index (χ3v) is 7.52. The van der Waals surface area contributed by atoms with Crippen LogP contribution in [-0.2, 0) is 19.4 Å². The maximum absolute atomic E-state index is 13.3. The van der Waals surface area contributed by atoms with Crippen LogP contribution in [-0.4, -0.2) is 16.7 Å². The molecule has 2 aromatic heterocycles. The molecule has 1 aliphatic rings. The van der Waals surface area contributed by atoms with Gasteiger partial charge < -0.3 is 9.88 Å². The van der Waals surface area contributed by atoms with Crippen molar-refractivity contribution in [1.82, 2.24) is 9.88 Å². The molecule has 1 aliphatic carbocycles. The van der Waals surface area contributed by atoms with Crippen LogP contribution in [0.15, 0.2) is 65.8 Å². The molecule has 0 fully saturated rings. The van der Waals surface area contributed by atoms with E-state index in [0.717, 1.165) is 41.0 Å². The molecular weight excluding hydrogens is 426 g/mol. The molecular formula is C28H29N3OS. The lowest BCUT2D eigenvalue weighted by Crippen LogP contribution is -2.24. The Labute approximate surface area is 199 Å². The molecule has 33 heavy (non-hydrogen) atoms. The number of thiophene rings is 1. The van der Waals surface area contributed by atoms with Crippen molar-refractivity contribution in [3.05, 3.63) is 87.9 Å². The quantitative estimate of drug-likeness (QED) is 0.318. The minimum atomic E-state index is -0.0185. The summed E-state index contributed by atoms with van der Waals surface area (Å²) in [7, 11) is 0. The van der Waals surface area contributed by atoms with Crippen molar-refractivity contribution >= 4 is 39.4 Å². The van der Waals surface area contributed by atoms with E-state index in [1.54, 1.807) is 11.3 Å². The summed E-state index contributed by atoms with van der Waals surface area (Å²) in [5.74, 6) is -0.0185. The van der Waals surface area contributed by atoms with Crippen LogP contribution in [0, 0.1) is 0 Å². The van der Waals surface area contributed by atoms with Gasteiger partial charge in [-0.3, -0.25) is 4.79 Å². The number of amides is 1. The number of benzene rings is 2. The molecule has 1 N–H and O–H groups in total. The lowest BCUT2D eigenvalue weighted by Gasteiger charge is -2.12. The molecule has 168 valence electrons. The Morgan fingerprint density at radius 3 is 2.67 bits per heavy atom. The number of hydrogen-bond acceptors (Lipinski definition) is 3. The Kier molecular flexibility index (Phi) is 6.14. The third-order valence-electron chi connectivity index (χ3n) is 6.32. The Morgan fingerprint density at radius 1 is 1.09 bits per heavy atom. The van der Waals surface area contributed by atoms with Crippen LogP contribution in [0.2, 0.25) is 0 Å². The van der Waals surface area contributed by atoms with E-state index in [-0.39, 0.29) is 5.91 Å². The molecule has 0 spiro atoms. The van der Waals surface area contributed by atoms with Gasteiger partial charge in [-0.1, -0.05) is 48.5 Å². The third kappa shape index (κ3) is 4.38. The maximum atomic E-state index is 13.3. The standard InChI is InChI=1S/C28H29N3OS/c1-19(2)31-18-21(22-12-6-8-14-24(22)31)17-30-28-26(23-13-7-9-15-25(23)33-28)27(32)29-16-20-10-4-3-5-11-20/h3-6,8,10-12,14,17-19H,7,9,13,15-16H2,1-2H3,(H,29,32). The molecule has 0 unspecified atom stereocenters. The number of nitrogens with one attached hydrogen (secondary N) is 1. The van der Waals surface area contributed by atoms with E-state index in [1.807, 2.05) is 36.5 Å². The van der Waals surface area contributed by atoms with Crippen molar-refractivity contribution < 1.29 is 4.79 Å². The average molecular weight is 456 g/mol. The minimum absolute atomic E-state index is 0.0185. The van der Waals surface area contributed by atoms with Crippen LogP contribution in [0.5, 0.6) is 0 Å². The minimum Gasteiger partial charge on any atom is -0.348 e. The van der Waals surface area contributed by atoms with Gasteiger partial charge in [0, 0.05) is 46.3 Å². The summed E-state index contributed by atoms with van der Waals surface area (Å²) in [6.45, 7) is 4.90. The molecule has 0 atom stereocenters. The molecule has 5 rings (SSSR count). The SMILES string of the molecule is CC(C)n1cc(C=Nc2sc3c(c2C(=O)NCc2ccccc2)CCCC3)c2ccccc21. The Balaban J connectivity index is 1.49. The van der Waals surface area contributed by atoms with Crippen LogP contribution < -0.4 is 5.32 Å². The number of carbonyl (C=O) groups is 1. The van der Waals surface area contributed by atoms with E-state index in [2.05, 4.69) is 54.2 Å². The molecule has 1 amide bonds. The van der Waals surface area contributed by atoms with E-state index < -0.39 is 0 Å². The first-order valence-corrected chi connectivity index (χ1v) is 12.5. The van der Waals surface area contributed by atoms with E-state index in [4.69, 9.17) is 4.99 Å². The van der Waals surface area contributed by atoms with Crippen LogP contribution in [0.1, 0.15) is 64.7 Å². The molecule has 4 nitrogen and oxygen atoms in total. The highest BCUT2D eigenvalue weighted by Gasteiger charge is 2.25. The van der Waals surface area contributed by atoms with Gasteiger partial charge in [0.1, 0.15) is 5.00 Å². The van der Waals surface area contributed by atoms with Crippen LogP contribution in [0.4, 0.5) is 5.00 Å². The second-order valence-electron chi connectivity index (χ2n) is 8.92. The highest BCUT2D eigenvalue weighted by atomic mass is 32.1. The molecule has 0 aliphatic heterocycles. The van der Waals surface area contributed by atoms with Gasteiger partial charge >= 0.3 is 0 Å². The van der Waals surface area contributed by atoms with Gasteiger partial charge in [-0.2, -0.15) is 0 Å². The maximum Gasteiger partial charge on any atom is 0.254 e. The molecule has 0 bridgehead atoms. The van der Waals surface area contributed by atoms with E-state index >= 15 is 0 Å². The van der Waals surface area contributed by atoms with E-state index in [0.29, 0.717) is 12.6 Å². The second kappa shape index (κ2) is 9.36. The monoisotopic (exact) mass is 455 g/mol. The van der Waals surface area contributed by atoms with Crippen molar-refractivity contribution in [2.45, 2.75) is 52.1 Å². The van der Waals surface area contributed by atoms with Crippen LogP contribution in [0.25, 0.3) is 10.9 Å². The van der Waals surface area contributed by atoms with Gasteiger partial charge in [0.15, 0.2) is 0 Å². The van der Waals surface area contributed by atoms with Crippen LogP contribution >= 0.6 is 11.3 Å². The predicted octanol–water partition coefficient (Wildman–Crippen LogP) is 6.84. The van der Waals surface area contributed by atoms with E-state index in [9.17, 15) is 4.79 Å². The zero-order chi connectivity index (χ0) is 22.8. The molecule has 2 heterocycles. The van der Waals surface area contributed by atoms with Gasteiger partial charge in [-0.05, 0) is 56.7 Å². The lowest BCUT2D eigenvalue weighted by atomic mass is 9.95. The molecule has 4 aromatic rings. The van der Waals surface area contributed by atoms with Crippen molar-refractivity contribution in [3.8, 4) is 0 Å². The fraction of sp³-hybridized carbons (Fsp3) is 0.286. The molecule has 5 heteroatoms. The number of rotatable bonds is 6.